The predicted octanol–water partition coefficient (Wildman–Crippen LogP) is 3.43. The molecule has 0 saturated carbocycles. The average molecular weight is 436 g/mol. The molecule has 0 aliphatic rings. The number of ether oxygens (including phenoxy) is 3. The molecule has 3 amide bonds. The molecule has 1 aromatic carbocycles. The minimum absolute atomic E-state index is 0.194. The summed E-state index contributed by atoms with van der Waals surface area (Å²) in [5.41, 5.74) is 0.850. The number of benzene rings is 1. The molecular weight excluding hydrogens is 410 g/mol. The van der Waals surface area contributed by atoms with Crippen molar-refractivity contribution in [3.05, 3.63) is 34.5 Å². The lowest BCUT2D eigenvalue weighted by atomic mass is 10.2. The number of nitrogens with one attached hydrogen (secondary N) is 2. The first-order chi connectivity index (χ1) is 14.4. The van der Waals surface area contributed by atoms with E-state index in [0.717, 1.165) is 11.3 Å². The summed E-state index contributed by atoms with van der Waals surface area (Å²) in [5.74, 6) is 0.182. The van der Waals surface area contributed by atoms with Gasteiger partial charge in [-0.25, -0.2) is 9.59 Å². The van der Waals surface area contributed by atoms with Gasteiger partial charge >= 0.3 is 12.0 Å². The van der Waals surface area contributed by atoms with Gasteiger partial charge in [0, 0.05) is 18.8 Å². The number of hydrogen-bond acceptors (Lipinski definition) is 7. The van der Waals surface area contributed by atoms with Crippen molar-refractivity contribution in [1.82, 2.24) is 4.90 Å². The lowest BCUT2D eigenvalue weighted by Crippen LogP contribution is -2.37. The van der Waals surface area contributed by atoms with Gasteiger partial charge in [0.2, 0.25) is 5.91 Å². The second-order valence-electron chi connectivity index (χ2n) is 6.02. The summed E-state index contributed by atoms with van der Waals surface area (Å²) in [6.07, 6.45) is 0. The Morgan fingerprint density at radius 2 is 1.73 bits per heavy atom. The fourth-order valence-corrected chi connectivity index (χ4v) is 3.25. The first-order valence-corrected chi connectivity index (χ1v) is 10.1. The maximum atomic E-state index is 12.4. The monoisotopic (exact) mass is 435 g/mol. The SMILES string of the molecule is CCOc1ccc(NC(=O)CN(C)C(=O)Nc2ccsc2C(=O)OC)cc1OCC. The van der Waals surface area contributed by atoms with Crippen molar-refractivity contribution in [2.24, 2.45) is 0 Å². The lowest BCUT2D eigenvalue weighted by molar-refractivity contribution is -0.116. The van der Waals surface area contributed by atoms with Crippen LogP contribution in [0.2, 0.25) is 0 Å². The molecule has 0 spiro atoms. The highest BCUT2D eigenvalue weighted by Crippen LogP contribution is 2.30. The topological polar surface area (TPSA) is 106 Å². The van der Waals surface area contributed by atoms with Crippen LogP contribution in [-0.4, -0.2) is 56.7 Å². The Morgan fingerprint density at radius 3 is 2.40 bits per heavy atom. The van der Waals surface area contributed by atoms with Gasteiger partial charge in [-0.3, -0.25) is 4.79 Å². The van der Waals surface area contributed by atoms with Gasteiger partial charge in [0.25, 0.3) is 0 Å². The van der Waals surface area contributed by atoms with Gasteiger partial charge in [-0.1, -0.05) is 0 Å². The Balaban J connectivity index is 1.97. The molecule has 0 saturated heterocycles. The van der Waals surface area contributed by atoms with Gasteiger partial charge < -0.3 is 29.7 Å². The predicted molar refractivity (Wildman–Crippen MR) is 115 cm³/mol. The van der Waals surface area contributed by atoms with Crippen molar-refractivity contribution in [2.45, 2.75) is 13.8 Å². The van der Waals surface area contributed by atoms with Crippen LogP contribution in [0.5, 0.6) is 11.5 Å². The van der Waals surface area contributed by atoms with Gasteiger partial charge in [0.05, 0.1) is 26.0 Å². The molecule has 0 aliphatic heterocycles. The van der Waals surface area contributed by atoms with Crippen molar-refractivity contribution in [1.29, 1.82) is 0 Å². The zero-order chi connectivity index (χ0) is 22.1. The van der Waals surface area contributed by atoms with Crippen LogP contribution in [0, 0.1) is 0 Å². The number of likely N-dealkylation sites (N-methyl/N-ethyl adjacent to an activating group) is 1. The molecule has 2 aromatic rings. The third-order valence-corrected chi connectivity index (χ3v) is 4.73. The fraction of sp³-hybridized carbons (Fsp3) is 0.350. The standard InChI is InChI=1S/C20H25N3O6S/c1-5-28-15-8-7-13(11-16(15)29-6-2)21-17(24)12-23(3)20(26)22-14-9-10-30-18(14)19(25)27-4/h7-11H,5-6,12H2,1-4H3,(H,21,24)(H,22,26). The molecule has 0 aliphatic carbocycles. The zero-order valence-electron chi connectivity index (χ0n) is 17.3. The minimum Gasteiger partial charge on any atom is -0.490 e. The van der Waals surface area contributed by atoms with Crippen LogP contribution in [0.4, 0.5) is 16.2 Å². The van der Waals surface area contributed by atoms with E-state index in [4.69, 9.17) is 9.47 Å². The Hall–Kier alpha value is -3.27. The van der Waals surface area contributed by atoms with E-state index in [-0.39, 0.29) is 11.4 Å². The van der Waals surface area contributed by atoms with Gasteiger partial charge in [0.15, 0.2) is 11.5 Å². The van der Waals surface area contributed by atoms with E-state index >= 15 is 0 Å². The van der Waals surface area contributed by atoms with E-state index in [9.17, 15) is 14.4 Å². The van der Waals surface area contributed by atoms with Crippen LogP contribution in [-0.2, 0) is 9.53 Å². The molecule has 10 heteroatoms. The number of carbonyl (C=O) groups excluding carboxylic acids is 3. The van der Waals surface area contributed by atoms with Crippen LogP contribution in [0.15, 0.2) is 29.6 Å². The first-order valence-electron chi connectivity index (χ1n) is 9.27. The number of amides is 3. The maximum Gasteiger partial charge on any atom is 0.350 e. The molecule has 9 nitrogen and oxygen atoms in total. The van der Waals surface area contributed by atoms with Crippen LogP contribution < -0.4 is 20.1 Å². The molecule has 1 aromatic heterocycles. The molecule has 162 valence electrons. The van der Waals surface area contributed by atoms with E-state index in [1.54, 1.807) is 29.6 Å². The normalized spacial score (nSPS) is 10.1. The summed E-state index contributed by atoms with van der Waals surface area (Å²) < 4.78 is 15.7. The van der Waals surface area contributed by atoms with Crippen molar-refractivity contribution in [3.8, 4) is 11.5 Å². The van der Waals surface area contributed by atoms with Crippen LogP contribution in [0.25, 0.3) is 0 Å². The molecule has 2 N–H and O–H groups in total. The Morgan fingerprint density at radius 1 is 1.03 bits per heavy atom. The zero-order valence-corrected chi connectivity index (χ0v) is 18.1. The lowest BCUT2D eigenvalue weighted by Gasteiger charge is -2.18. The van der Waals surface area contributed by atoms with Crippen molar-refractivity contribution in [3.63, 3.8) is 0 Å². The molecule has 0 fully saturated rings. The molecule has 30 heavy (non-hydrogen) atoms. The molecule has 0 radical (unpaired) electrons. The molecule has 0 unspecified atom stereocenters. The number of methoxy groups -OCH3 is 1. The largest absolute Gasteiger partial charge is 0.490 e. The van der Waals surface area contributed by atoms with Crippen molar-refractivity contribution >= 4 is 40.6 Å². The van der Waals surface area contributed by atoms with Crippen LogP contribution in [0.1, 0.15) is 23.5 Å². The molecule has 0 bridgehead atoms. The molecule has 0 atom stereocenters. The Bertz CT molecular complexity index is 898. The summed E-state index contributed by atoms with van der Waals surface area (Å²) in [4.78, 5) is 37.9. The van der Waals surface area contributed by atoms with E-state index < -0.39 is 17.9 Å². The van der Waals surface area contributed by atoms with Crippen molar-refractivity contribution < 1.29 is 28.6 Å². The highest BCUT2D eigenvalue weighted by atomic mass is 32.1. The number of carbonyl (C=O) groups is 3. The second kappa shape index (κ2) is 11.1. The smallest absolute Gasteiger partial charge is 0.350 e. The van der Waals surface area contributed by atoms with Crippen molar-refractivity contribution in [2.75, 3.05) is 44.5 Å². The first kappa shape index (κ1) is 23.0. The number of hydrogen-bond donors (Lipinski definition) is 2. The van der Waals surface area contributed by atoms with Gasteiger partial charge in [-0.05, 0) is 37.4 Å². The third-order valence-electron chi connectivity index (χ3n) is 3.83. The summed E-state index contributed by atoms with van der Waals surface area (Å²) in [5, 5.41) is 6.99. The second-order valence-corrected chi connectivity index (χ2v) is 6.93. The van der Waals surface area contributed by atoms with E-state index in [1.165, 1.54) is 19.1 Å². The number of urea groups is 1. The number of anilines is 2. The highest BCUT2D eigenvalue weighted by Gasteiger charge is 2.19. The molecule has 2 rings (SSSR count). The Labute approximate surface area is 178 Å². The average Bonchev–Trinajstić information content (AvgIpc) is 3.17. The molecular formula is C20H25N3O6S. The van der Waals surface area contributed by atoms with E-state index in [2.05, 4.69) is 15.4 Å². The fourth-order valence-electron chi connectivity index (χ4n) is 2.49. The Kier molecular flexibility index (Phi) is 8.48. The quantitative estimate of drug-likeness (QED) is 0.585. The third kappa shape index (κ3) is 6.11. The van der Waals surface area contributed by atoms with Gasteiger partial charge in [0.1, 0.15) is 11.4 Å². The number of thiophene rings is 1. The highest BCUT2D eigenvalue weighted by molar-refractivity contribution is 7.12. The van der Waals surface area contributed by atoms with E-state index in [0.29, 0.717) is 36.1 Å². The summed E-state index contributed by atoms with van der Waals surface area (Å²) in [7, 11) is 2.74. The van der Waals surface area contributed by atoms with Gasteiger partial charge in [-0.2, -0.15) is 0 Å². The minimum atomic E-state index is -0.540. The summed E-state index contributed by atoms with van der Waals surface area (Å²) in [6, 6.07) is 6.14. The van der Waals surface area contributed by atoms with Gasteiger partial charge in [-0.15, -0.1) is 11.3 Å². The van der Waals surface area contributed by atoms with Crippen LogP contribution in [0.3, 0.4) is 0 Å². The van der Waals surface area contributed by atoms with Crippen LogP contribution >= 0.6 is 11.3 Å². The summed E-state index contributed by atoms with van der Waals surface area (Å²) in [6.45, 7) is 4.48. The summed E-state index contributed by atoms with van der Waals surface area (Å²) >= 11 is 1.15. The number of nitrogens with zero attached hydrogens (tertiary/aromatic N) is 1. The molecule has 1 heterocycles. The van der Waals surface area contributed by atoms with E-state index in [1.807, 2.05) is 13.8 Å². The maximum absolute atomic E-state index is 12.4. The number of rotatable bonds is 9. The number of esters is 1.